The molecule has 1 heterocycles. The number of hydrogen-bond donors (Lipinski definition) is 2. The van der Waals surface area contributed by atoms with Gasteiger partial charge in [0.25, 0.3) is 10.9 Å². The fourth-order valence-electron chi connectivity index (χ4n) is 3.11. The number of nitrogens with one attached hydrogen (secondary N) is 1. The molecule has 1 aliphatic heterocycles. The number of amides is 1. The Morgan fingerprint density at radius 1 is 1.24 bits per heavy atom. The number of benzene rings is 1. The summed E-state index contributed by atoms with van der Waals surface area (Å²) in [6.07, 6.45) is 1.23. The average molecular weight is 343 g/mol. The Morgan fingerprint density at radius 3 is 2.64 bits per heavy atom. The Morgan fingerprint density at radius 2 is 1.96 bits per heavy atom. The Hall–Kier alpha value is -3.16. The summed E-state index contributed by atoms with van der Waals surface area (Å²) in [5.41, 5.74) is 4.82. The van der Waals surface area contributed by atoms with Crippen molar-refractivity contribution in [2.45, 2.75) is 18.9 Å². The molecule has 1 aliphatic rings. The number of primary amides is 1. The monoisotopic (exact) mass is 343 g/mol. The predicted octanol–water partition coefficient (Wildman–Crippen LogP) is 0.267. The fourth-order valence-corrected chi connectivity index (χ4v) is 3.11. The largest absolute Gasteiger partial charge is 0.465 e. The van der Waals surface area contributed by atoms with Crippen molar-refractivity contribution in [3.8, 4) is 0 Å². The van der Waals surface area contributed by atoms with Crippen LogP contribution in [0.3, 0.4) is 0 Å². The van der Waals surface area contributed by atoms with Crippen molar-refractivity contribution in [1.82, 2.24) is 0 Å². The zero-order valence-corrected chi connectivity index (χ0v) is 13.6. The average Bonchev–Trinajstić information content (AvgIpc) is 3.09. The number of esters is 1. The highest BCUT2D eigenvalue weighted by atomic mass is 16.5. The number of nitrogens with zero attached hydrogens (tertiary/aromatic N) is 1. The third-order valence-electron chi connectivity index (χ3n) is 4.35. The molecule has 0 aromatic heterocycles. The Bertz CT molecular complexity index is 913. The van der Waals surface area contributed by atoms with Gasteiger partial charge < -0.3 is 20.7 Å². The molecule has 0 radical (unpaired) electrons. The number of carbonyl (C=O) groups excluding carboxylic acids is 2. The van der Waals surface area contributed by atoms with Crippen LogP contribution in [0.4, 0.5) is 17.1 Å². The summed E-state index contributed by atoms with van der Waals surface area (Å²) >= 11 is 0. The van der Waals surface area contributed by atoms with Crippen molar-refractivity contribution >= 4 is 28.9 Å². The van der Waals surface area contributed by atoms with Crippen LogP contribution in [-0.4, -0.2) is 31.6 Å². The minimum atomic E-state index is -0.690. The van der Waals surface area contributed by atoms with E-state index in [1.54, 1.807) is 29.2 Å². The molecule has 25 heavy (non-hydrogen) atoms. The Labute approximate surface area is 142 Å². The second kappa shape index (κ2) is 6.39. The number of hydrogen-bond acceptors (Lipinski definition) is 7. The van der Waals surface area contributed by atoms with Crippen molar-refractivity contribution in [3.63, 3.8) is 0 Å². The molecule has 1 fully saturated rings. The van der Waals surface area contributed by atoms with Crippen LogP contribution in [0.25, 0.3) is 0 Å². The first-order valence-corrected chi connectivity index (χ1v) is 7.79. The molecule has 8 nitrogen and oxygen atoms in total. The van der Waals surface area contributed by atoms with E-state index in [1.807, 2.05) is 0 Å². The molecule has 130 valence electrons. The lowest BCUT2D eigenvalue weighted by atomic mass is 10.1. The van der Waals surface area contributed by atoms with E-state index in [4.69, 9.17) is 10.5 Å². The SMILES string of the molecule is COC(=O)c1ccccc1Nc1c(N2CCCC2C(N)=O)c(=O)c1=O. The molecular weight excluding hydrogens is 326 g/mol. The van der Waals surface area contributed by atoms with E-state index in [9.17, 15) is 19.2 Å². The van der Waals surface area contributed by atoms with Gasteiger partial charge in [-0.3, -0.25) is 14.4 Å². The number of rotatable bonds is 5. The number of para-hydroxylation sites is 1. The van der Waals surface area contributed by atoms with E-state index in [2.05, 4.69) is 5.32 Å². The van der Waals surface area contributed by atoms with Crippen LogP contribution in [0.15, 0.2) is 33.9 Å². The Balaban J connectivity index is 1.98. The number of nitrogens with two attached hydrogens (primary N) is 1. The van der Waals surface area contributed by atoms with Crippen LogP contribution in [-0.2, 0) is 9.53 Å². The van der Waals surface area contributed by atoms with E-state index in [0.717, 1.165) is 0 Å². The van der Waals surface area contributed by atoms with Gasteiger partial charge in [0.2, 0.25) is 5.91 Å². The molecule has 0 aliphatic carbocycles. The van der Waals surface area contributed by atoms with E-state index in [-0.39, 0.29) is 16.9 Å². The number of carbonyl (C=O) groups is 2. The summed E-state index contributed by atoms with van der Waals surface area (Å²) in [6, 6.07) is 5.87. The van der Waals surface area contributed by atoms with Crippen LogP contribution in [0.2, 0.25) is 0 Å². The van der Waals surface area contributed by atoms with Crippen LogP contribution >= 0.6 is 0 Å². The lowest BCUT2D eigenvalue weighted by Gasteiger charge is -2.27. The third kappa shape index (κ3) is 2.75. The first-order chi connectivity index (χ1) is 12.0. The highest BCUT2D eigenvalue weighted by Crippen LogP contribution is 2.31. The van der Waals surface area contributed by atoms with Crippen LogP contribution in [0.5, 0.6) is 0 Å². The number of methoxy groups -OCH3 is 1. The summed E-state index contributed by atoms with van der Waals surface area (Å²) < 4.78 is 4.71. The van der Waals surface area contributed by atoms with Gasteiger partial charge in [-0.05, 0) is 25.0 Å². The van der Waals surface area contributed by atoms with Gasteiger partial charge in [-0.15, -0.1) is 0 Å². The molecule has 1 amide bonds. The third-order valence-corrected chi connectivity index (χ3v) is 4.35. The normalized spacial score (nSPS) is 16.8. The quantitative estimate of drug-likeness (QED) is 0.590. The second-order valence-electron chi connectivity index (χ2n) is 5.80. The molecule has 0 bridgehead atoms. The van der Waals surface area contributed by atoms with Crippen molar-refractivity contribution in [2.75, 3.05) is 23.9 Å². The molecule has 3 N–H and O–H groups in total. The second-order valence-corrected chi connectivity index (χ2v) is 5.80. The molecule has 2 aromatic carbocycles. The van der Waals surface area contributed by atoms with Gasteiger partial charge in [-0.25, -0.2) is 4.79 Å². The Kier molecular flexibility index (Phi) is 4.26. The molecule has 2 aromatic rings. The van der Waals surface area contributed by atoms with Crippen molar-refractivity contribution in [3.05, 3.63) is 50.3 Å². The molecule has 0 spiro atoms. The van der Waals surface area contributed by atoms with Crippen molar-refractivity contribution < 1.29 is 14.3 Å². The predicted molar refractivity (Wildman–Crippen MR) is 92.0 cm³/mol. The molecule has 8 heteroatoms. The summed E-state index contributed by atoms with van der Waals surface area (Å²) in [4.78, 5) is 49.1. The van der Waals surface area contributed by atoms with Crippen molar-refractivity contribution in [2.24, 2.45) is 5.73 Å². The smallest absolute Gasteiger partial charge is 0.339 e. The zero-order chi connectivity index (χ0) is 18.1. The summed E-state index contributed by atoms with van der Waals surface area (Å²) in [5.74, 6) is -1.11. The fraction of sp³-hybridized carbons (Fsp3) is 0.294. The van der Waals surface area contributed by atoms with Gasteiger partial charge >= 0.3 is 5.97 Å². The van der Waals surface area contributed by atoms with Gasteiger partial charge in [0, 0.05) is 6.54 Å². The van der Waals surface area contributed by atoms with Gasteiger partial charge in [0.05, 0.1) is 18.4 Å². The first-order valence-electron chi connectivity index (χ1n) is 7.79. The van der Waals surface area contributed by atoms with Gasteiger partial charge in [0.15, 0.2) is 0 Å². The zero-order valence-electron chi connectivity index (χ0n) is 13.6. The topological polar surface area (TPSA) is 119 Å². The highest BCUT2D eigenvalue weighted by molar-refractivity contribution is 5.97. The van der Waals surface area contributed by atoms with E-state index in [0.29, 0.717) is 25.1 Å². The molecule has 3 rings (SSSR count). The number of ether oxygens (including phenoxy) is 1. The minimum Gasteiger partial charge on any atom is -0.465 e. The standard InChI is InChI=1S/C17H17N3O5/c1-25-17(24)9-5-2-3-6-10(9)19-12-13(15(22)14(12)21)20-8-4-7-11(20)16(18)23/h2-3,5-6,11,19H,4,7-8H2,1H3,(H2,18,23). The molecule has 0 saturated carbocycles. The summed E-state index contributed by atoms with van der Waals surface area (Å²) in [7, 11) is 1.25. The van der Waals surface area contributed by atoms with Gasteiger partial charge in [-0.2, -0.15) is 0 Å². The lowest BCUT2D eigenvalue weighted by molar-refractivity contribution is -0.119. The van der Waals surface area contributed by atoms with Crippen LogP contribution in [0, 0.1) is 0 Å². The number of anilines is 3. The molecule has 1 atom stereocenters. The first kappa shape index (κ1) is 16.7. The van der Waals surface area contributed by atoms with Crippen LogP contribution in [0.1, 0.15) is 23.2 Å². The molecule has 1 unspecified atom stereocenters. The highest BCUT2D eigenvalue weighted by Gasteiger charge is 2.36. The maximum Gasteiger partial charge on any atom is 0.339 e. The summed E-state index contributed by atoms with van der Waals surface area (Å²) in [6.45, 7) is 0.464. The summed E-state index contributed by atoms with van der Waals surface area (Å²) in [5, 5.41) is 2.84. The maximum absolute atomic E-state index is 12.1. The lowest BCUT2D eigenvalue weighted by Crippen LogP contribution is -2.48. The van der Waals surface area contributed by atoms with Gasteiger partial charge in [-0.1, -0.05) is 12.1 Å². The van der Waals surface area contributed by atoms with Crippen molar-refractivity contribution in [1.29, 1.82) is 0 Å². The van der Waals surface area contributed by atoms with E-state index >= 15 is 0 Å². The minimum absolute atomic E-state index is 0.0644. The van der Waals surface area contributed by atoms with Gasteiger partial charge in [0.1, 0.15) is 17.4 Å². The molecule has 1 saturated heterocycles. The van der Waals surface area contributed by atoms with Crippen LogP contribution < -0.4 is 26.8 Å². The van der Waals surface area contributed by atoms with E-state index < -0.39 is 28.8 Å². The maximum atomic E-state index is 12.1. The van der Waals surface area contributed by atoms with E-state index in [1.165, 1.54) is 7.11 Å². The molecular formula is C17H17N3O5.